The van der Waals surface area contributed by atoms with Gasteiger partial charge in [0.05, 0.1) is 0 Å². The fourth-order valence-corrected chi connectivity index (χ4v) is 2.87. The highest BCUT2D eigenvalue weighted by Crippen LogP contribution is 2.12. The van der Waals surface area contributed by atoms with Gasteiger partial charge < -0.3 is 9.47 Å². The van der Waals surface area contributed by atoms with Crippen LogP contribution in [-0.2, 0) is 9.47 Å². The Hall–Kier alpha value is -0.230. The molecule has 0 heterocycles. The second kappa shape index (κ2) is 22.8. The van der Waals surface area contributed by atoms with Crippen LogP contribution in [0.15, 0.2) is 0 Å². The van der Waals surface area contributed by atoms with Crippen molar-refractivity contribution in [2.75, 3.05) is 19.1 Å². The topological polar surface area (TPSA) is 18.5 Å². The van der Waals surface area contributed by atoms with Crippen molar-refractivity contribution in [3.05, 3.63) is 0 Å². The molecule has 0 aliphatic carbocycles. The lowest BCUT2D eigenvalue weighted by molar-refractivity contribution is -0.148. The summed E-state index contributed by atoms with van der Waals surface area (Å²) in [7, 11) is 0. The summed E-state index contributed by atoms with van der Waals surface area (Å²) in [5, 5.41) is 0. The van der Waals surface area contributed by atoms with E-state index >= 15 is 0 Å². The summed E-state index contributed by atoms with van der Waals surface area (Å²) in [5.41, 5.74) is 0. The van der Waals surface area contributed by atoms with Crippen LogP contribution in [0.5, 0.6) is 0 Å². The summed E-state index contributed by atoms with van der Waals surface area (Å²) < 4.78 is 12.0. The molecule has 0 fully saturated rings. The van der Waals surface area contributed by atoms with Crippen molar-refractivity contribution in [2.24, 2.45) is 0 Å². The number of rotatable bonds is 19. The largest absolute Gasteiger partial charge is 0.353 e. The van der Waals surface area contributed by atoms with Gasteiger partial charge in [-0.2, -0.15) is 0 Å². The molecule has 0 rings (SSSR count). The van der Waals surface area contributed by atoms with Crippen molar-refractivity contribution in [1.29, 1.82) is 0 Å². The Kier molecular flexibility index (Phi) is 22.6. The molecular weight excluding hydrogens is 344 g/mol. The summed E-state index contributed by atoms with van der Waals surface area (Å²) in [6.07, 6.45) is 17.5. The number of hydrogen-bond acceptors (Lipinski definition) is 2. The first-order chi connectivity index (χ1) is 12.8. The Morgan fingerprint density at radius 1 is 0.654 bits per heavy atom. The number of ether oxygens (including phenoxy) is 2. The number of unbranched alkanes of at least 4 members (excludes halogenated alkanes) is 10. The van der Waals surface area contributed by atoms with Gasteiger partial charge in [0, 0.05) is 31.9 Å². The van der Waals surface area contributed by atoms with Crippen molar-refractivity contribution in [3.8, 4) is 11.8 Å². The van der Waals surface area contributed by atoms with E-state index in [0.717, 1.165) is 58.2 Å². The van der Waals surface area contributed by atoms with Gasteiger partial charge in [-0.15, -0.1) is 23.4 Å². The fourth-order valence-electron chi connectivity index (χ4n) is 2.74. The quantitative estimate of drug-likeness (QED) is 0.0990. The Balaban J connectivity index is 3.80. The Labute approximate surface area is 168 Å². The lowest BCUT2D eigenvalue weighted by atomic mass is 10.1. The molecule has 0 aliphatic heterocycles. The van der Waals surface area contributed by atoms with E-state index in [0.29, 0.717) is 5.88 Å². The molecule has 0 aromatic carbocycles. The molecule has 0 aliphatic rings. The maximum atomic E-state index is 6.00. The van der Waals surface area contributed by atoms with Crippen LogP contribution in [0.1, 0.15) is 110 Å². The maximum absolute atomic E-state index is 6.00. The number of alkyl halides is 1. The first-order valence-electron chi connectivity index (χ1n) is 11.1. The van der Waals surface area contributed by atoms with Crippen LogP contribution in [0, 0.1) is 11.8 Å². The molecule has 0 radical (unpaired) electrons. The second-order valence-corrected chi connectivity index (χ2v) is 7.42. The van der Waals surface area contributed by atoms with Crippen LogP contribution in [0.25, 0.3) is 0 Å². The summed E-state index contributed by atoms with van der Waals surface area (Å²) in [6, 6.07) is 0. The summed E-state index contributed by atoms with van der Waals surface area (Å²) in [4.78, 5) is 0. The molecule has 3 heteroatoms. The van der Waals surface area contributed by atoms with E-state index in [4.69, 9.17) is 21.1 Å². The average Bonchev–Trinajstić information content (AvgIpc) is 2.65. The van der Waals surface area contributed by atoms with E-state index in [9.17, 15) is 0 Å². The van der Waals surface area contributed by atoms with Crippen LogP contribution >= 0.6 is 11.6 Å². The van der Waals surface area contributed by atoms with Crippen molar-refractivity contribution in [2.45, 2.75) is 116 Å². The summed E-state index contributed by atoms with van der Waals surface area (Å²) in [5.74, 6) is 7.15. The number of hydrogen-bond donors (Lipinski definition) is 0. The molecule has 0 spiro atoms. The standard InChI is InChI=1S/C23H43ClO2/c1-3-5-7-17-21-25-23(26-22-18-8-6-4-2)19-15-13-11-9-10-12-14-16-20-24/h23H,3-9,11,13-22H2,1-2H3. The third-order valence-electron chi connectivity index (χ3n) is 4.41. The van der Waals surface area contributed by atoms with E-state index in [2.05, 4.69) is 25.7 Å². The van der Waals surface area contributed by atoms with Crippen molar-refractivity contribution >= 4 is 11.6 Å². The molecule has 0 atom stereocenters. The molecule has 0 aromatic heterocycles. The fraction of sp³-hybridized carbons (Fsp3) is 0.913. The molecule has 0 N–H and O–H groups in total. The van der Waals surface area contributed by atoms with E-state index in [1.165, 1.54) is 51.4 Å². The molecule has 0 saturated carbocycles. The predicted octanol–water partition coefficient (Wildman–Crippen LogP) is 7.48. The smallest absolute Gasteiger partial charge is 0.157 e. The molecular formula is C23H43ClO2. The first-order valence-corrected chi connectivity index (χ1v) is 11.6. The van der Waals surface area contributed by atoms with Gasteiger partial charge in [-0.1, -0.05) is 58.8 Å². The Morgan fingerprint density at radius 2 is 1.19 bits per heavy atom. The van der Waals surface area contributed by atoms with Crippen molar-refractivity contribution in [3.63, 3.8) is 0 Å². The van der Waals surface area contributed by atoms with Gasteiger partial charge in [0.1, 0.15) is 0 Å². The van der Waals surface area contributed by atoms with Gasteiger partial charge in [-0.25, -0.2) is 0 Å². The maximum Gasteiger partial charge on any atom is 0.157 e. The van der Waals surface area contributed by atoms with Crippen LogP contribution in [0.2, 0.25) is 0 Å². The monoisotopic (exact) mass is 386 g/mol. The van der Waals surface area contributed by atoms with E-state index in [-0.39, 0.29) is 6.29 Å². The van der Waals surface area contributed by atoms with Gasteiger partial charge >= 0.3 is 0 Å². The molecule has 0 aromatic rings. The number of halogens is 1. The van der Waals surface area contributed by atoms with Gasteiger partial charge in [0.2, 0.25) is 0 Å². The third-order valence-corrected chi connectivity index (χ3v) is 4.67. The molecule has 0 unspecified atom stereocenters. The highest BCUT2D eigenvalue weighted by Gasteiger charge is 2.09. The third kappa shape index (κ3) is 20.1. The minimum absolute atomic E-state index is 0.00643. The zero-order chi connectivity index (χ0) is 19.1. The Morgan fingerprint density at radius 3 is 1.73 bits per heavy atom. The van der Waals surface area contributed by atoms with Gasteiger partial charge in [0.15, 0.2) is 6.29 Å². The first kappa shape index (κ1) is 25.8. The van der Waals surface area contributed by atoms with E-state index in [1.54, 1.807) is 0 Å². The normalized spacial score (nSPS) is 10.9. The SMILES string of the molecule is CCCCCCOC(CCCCCC#CCCCCl)OCCCCCC. The van der Waals surface area contributed by atoms with E-state index < -0.39 is 0 Å². The lowest BCUT2D eigenvalue weighted by Crippen LogP contribution is -2.19. The van der Waals surface area contributed by atoms with Gasteiger partial charge in [-0.3, -0.25) is 0 Å². The average molecular weight is 387 g/mol. The zero-order valence-electron chi connectivity index (χ0n) is 17.5. The van der Waals surface area contributed by atoms with Crippen LogP contribution in [-0.4, -0.2) is 25.4 Å². The van der Waals surface area contributed by atoms with Crippen LogP contribution in [0.3, 0.4) is 0 Å². The second-order valence-electron chi connectivity index (χ2n) is 7.04. The molecule has 2 nitrogen and oxygen atoms in total. The van der Waals surface area contributed by atoms with Crippen molar-refractivity contribution < 1.29 is 9.47 Å². The Bertz CT molecular complexity index is 308. The van der Waals surface area contributed by atoms with Gasteiger partial charge in [-0.05, 0) is 38.5 Å². The van der Waals surface area contributed by atoms with Crippen molar-refractivity contribution in [1.82, 2.24) is 0 Å². The molecule has 0 amide bonds. The molecule has 26 heavy (non-hydrogen) atoms. The minimum atomic E-state index is -0.00643. The summed E-state index contributed by atoms with van der Waals surface area (Å²) >= 11 is 5.64. The van der Waals surface area contributed by atoms with Gasteiger partial charge in [0.25, 0.3) is 0 Å². The molecule has 154 valence electrons. The zero-order valence-corrected chi connectivity index (χ0v) is 18.3. The summed E-state index contributed by atoms with van der Waals surface area (Å²) in [6.45, 7) is 6.16. The minimum Gasteiger partial charge on any atom is -0.353 e. The van der Waals surface area contributed by atoms with Crippen LogP contribution in [0.4, 0.5) is 0 Å². The predicted molar refractivity (Wildman–Crippen MR) is 115 cm³/mol. The van der Waals surface area contributed by atoms with E-state index in [1.807, 2.05) is 0 Å². The highest BCUT2D eigenvalue weighted by atomic mass is 35.5. The van der Waals surface area contributed by atoms with Crippen LogP contribution < -0.4 is 0 Å². The lowest BCUT2D eigenvalue weighted by Gasteiger charge is -2.18. The molecule has 0 bridgehead atoms. The molecule has 0 saturated heterocycles. The highest BCUT2D eigenvalue weighted by molar-refractivity contribution is 6.17.